The van der Waals surface area contributed by atoms with Crippen molar-refractivity contribution in [3.05, 3.63) is 23.3 Å². The third kappa shape index (κ3) is 3.42. The Labute approximate surface area is 120 Å². The van der Waals surface area contributed by atoms with Gasteiger partial charge in [0.2, 0.25) is 0 Å². The van der Waals surface area contributed by atoms with Crippen LogP contribution in [0.4, 0.5) is 0 Å². The molecule has 0 radical (unpaired) electrons. The van der Waals surface area contributed by atoms with E-state index in [0.717, 1.165) is 49.8 Å². The first kappa shape index (κ1) is 15.1. The first-order valence-corrected chi connectivity index (χ1v) is 6.95. The molecule has 1 heterocycles. The number of hydrogen-bond donors (Lipinski definition) is 1. The molecule has 0 aromatic heterocycles. The van der Waals surface area contributed by atoms with Crippen LogP contribution >= 0.6 is 0 Å². The molecular weight excluding hydrogens is 256 g/mol. The Bertz CT molecular complexity index is 431. The second-order valence-electron chi connectivity index (χ2n) is 4.90. The number of methoxy groups -OCH3 is 3. The summed E-state index contributed by atoms with van der Waals surface area (Å²) in [6, 6.07) is 4.08. The molecule has 0 spiro atoms. The number of ether oxygens (including phenoxy) is 3. The van der Waals surface area contributed by atoms with E-state index in [2.05, 4.69) is 16.3 Å². The van der Waals surface area contributed by atoms with Crippen molar-refractivity contribution in [2.24, 2.45) is 0 Å². The molecule has 1 aliphatic rings. The average molecular weight is 280 g/mol. The smallest absolute Gasteiger partial charge is 0.132 e. The van der Waals surface area contributed by atoms with Gasteiger partial charge in [-0.3, -0.25) is 4.90 Å². The fraction of sp³-hybridized carbons (Fsp3) is 0.600. The Hall–Kier alpha value is -1.30. The van der Waals surface area contributed by atoms with Crippen LogP contribution in [0.15, 0.2) is 12.1 Å². The van der Waals surface area contributed by atoms with Gasteiger partial charge in [0.1, 0.15) is 11.5 Å². The SMILES string of the molecule is COCc1c(OC)ccc(CN2CCNCC2)c1OC. The first-order chi connectivity index (χ1) is 9.80. The van der Waals surface area contributed by atoms with E-state index in [1.807, 2.05) is 6.07 Å². The Morgan fingerprint density at radius 2 is 1.85 bits per heavy atom. The molecule has 0 bridgehead atoms. The van der Waals surface area contributed by atoms with Crippen LogP contribution in [0, 0.1) is 0 Å². The van der Waals surface area contributed by atoms with E-state index in [1.165, 1.54) is 5.56 Å². The van der Waals surface area contributed by atoms with Crippen LogP contribution in [-0.2, 0) is 17.9 Å². The molecule has 1 aliphatic heterocycles. The van der Waals surface area contributed by atoms with E-state index in [0.29, 0.717) is 6.61 Å². The molecule has 1 aromatic rings. The van der Waals surface area contributed by atoms with E-state index in [9.17, 15) is 0 Å². The summed E-state index contributed by atoms with van der Waals surface area (Å²) in [6.45, 7) is 5.60. The molecule has 2 rings (SSSR count). The number of rotatable bonds is 6. The number of hydrogen-bond acceptors (Lipinski definition) is 5. The van der Waals surface area contributed by atoms with Crippen LogP contribution in [-0.4, -0.2) is 52.4 Å². The van der Waals surface area contributed by atoms with Crippen molar-refractivity contribution < 1.29 is 14.2 Å². The molecular formula is C15H24N2O3. The van der Waals surface area contributed by atoms with Gasteiger partial charge in [-0.25, -0.2) is 0 Å². The summed E-state index contributed by atoms with van der Waals surface area (Å²) in [7, 11) is 5.06. The third-order valence-electron chi connectivity index (χ3n) is 3.62. The van der Waals surface area contributed by atoms with E-state index in [-0.39, 0.29) is 0 Å². The zero-order valence-electron chi connectivity index (χ0n) is 12.6. The molecule has 20 heavy (non-hydrogen) atoms. The highest BCUT2D eigenvalue weighted by Gasteiger charge is 2.18. The Morgan fingerprint density at radius 1 is 1.10 bits per heavy atom. The molecule has 1 saturated heterocycles. The summed E-state index contributed by atoms with van der Waals surface area (Å²) >= 11 is 0. The Morgan fingerprint density at radius 3 is 2.45 bits per heavy atom. The van der Waals surface area contributed by atoms with Crippen molar-refractivity contribution >= 4 is 0 Å². The zero-order chi connectivity index (χ0) is 14.4. The fourth-order valence-electron chi connectivity index (χ4n) is 2.62. The molecule has 112 valence electrons. The molecule has 1 N–H and O–H groups in total. The summed E-state index contributed by atoms with van der Waals surface area (Å²) in [5.74, 6) is 1.69. The lowest BCUT2D eigenvalue weighted by Crippen LogP contribution is -2.42. The van der Waals surface area contributed by atoms with Gasteiger partial charge in [0.25, 0.3) is 0 Å². The second-order valence-corrected chi connectivity index (χ2v) is 4.90. The van der Waals surface area contributed by atoms with Crippen LogP contribution < -0.4 is 14.8 Å². The number of nitrogens with one attached hydrogen (secondary N) is 1. The highest BCUT2D eigenvalue weighted by atomic mass is 16.5. The van der Waals surface area contributed by atoms with Crippen LogP contribution in [0.1, 0.15) is 11.1 Å². The van der Waals surface area contributed by atoms with Crippen LogP contribution in [0.2, 0.25) is 0 Å². The number of piperazine rings is 1. The number of nitrogens with zero attached hydrogens (tertiary/aromatic N) is 1. The predicted molar refractivity (Wildman–Crippen MR) is 78.4 cm³/mol. The molecule has 1 fully saturated rings. The Balaban J connectivity index is 2.24. The van der Waals surface area contributed by atoms with Gasteiger partial charge < -0.3 is 19.5 Å². The van der Waals surface area contributed by atoms with Crippen LogP contribution in [0.3, 0.4) is 0 Å². The topological polar surface area (TPSA) is 43.0 Å². The van der Waals surface area contributed by atoms with E-state index in [1.54, 1.807) is 21.3 Å². The van der Waals surface area contributed by atoms with Crippen molar-refractivity contribution in [2.45, 2.75) is 13.2 Å². The van der Waals surface area contributed by atoms with Crippen molar-refractivity contribution in [2.75, 3.05) is 47.5 Å². The van der Waals surface area contributed by atoms with Crippen molar-refractivity contribution in [1.29, 1.82) is 0 Å². The lowest BCUT2D eigenvalue weighted by Gasteiger charge is -2.28. The van der Waals surface area contributed by atoms with Crippen molar-refractivity contribution in [3.8, 4) is 11.5 Å². The largest absolute Gasteiger partial charge is 0.496 e. The molecule has 0 atom stereocenters. The van der Waals surface area contributed by atoms with Gasteiger partial charge in [0.05, 0.1) is 26.4 Å². The van der Waals surface area contributed by atoms with Crippen LogP contribution in [0.25, 0.3) is 0 Å². The predicted octanol–water partition coefficient (Wildman–Crippen LogP) is 1.26. The lowest BCUT2D eigenvalue weighted by molar-refractivity contribution is 0.177. The molecule has 0 unspecified atom stereocenters. The minimum atomic E-state index is 0.488. The molecule has 5 heteroatoms. The monoisotopic (exact) mass is 280 g/mol. The van der Waals surface area contributed by atoms with Crippen molar-refractivity contribution in [1.82, 2.24) is 10.2 Å². The molecule has 1 aromatic carbocycles. The Kier molecular flexibility index (Phi) is 5.64. The molecule has 0 aliphatic carbocycles. The quantitative estimate of drug-likeness (QED) is 0.849. The maximum atomic E-state index is 5.61. The summed E-state index contributed by atoms with van der Waals surface area (Å²) in [4.78, 5) is 2.43. The normalized spacial score (nSPS) is 16.1. The third-order valence-corrected chi connectivity index (χ3v) is 3.62. The fourth-order valence-corrected chi connectivity index (χ4v) is 2.62. The van der Waals surface area contributed by atoms with Gasteiger partial charge >= 0.3 is 0 Å². The summed E-state index contributed by atoms with van der Waals surface area (Å²) in [5, 5.41) is 3.37. The summed E-state index contributed by atoms with van der Waals surface area (Å²) in [5.41, 5.74) is 2.16. The summed E-state index contributed by atoms with van der Waals surface area (Å²) in [6.07, 6.45) is 0. The molecule has 5 nitrogen and oxygen atoms in total. The number of benzene rings is 1. The summed E-state index contributed by atoms with van der Waals surface area (Å²) < 4.78 is 16.3. The van der Waals surface area contributed by atoms with Gasteiger partial charge in [-0.15, -0.1) is 0 Å². The maximum Gasteiger partial charge on any atom is 0.132 e. The van der Waals surface area contributed by atoms with E-state index in [4.69, 9.17) is 14.2 Å². The van der Waals surface area contributed by atoms with Gasteiger partial charge in [-0.1, -0.05) is 6.07 Å². The first-order valence-electron chi connectivity index (χ1n) is 6.95. The minimum Gasteiger partial charge on any atom is -0.496 e. The zero-order valence-corrected chi connectivity index (χ0v) is 12.6. The lowest BCUT2D eigenvalue weighted by atomic mass is 10.1. The molecule has 0 saturated carbocycles. The maximum absolute atomic E-state index is 5.61. The minimum absolute atomic E-state index is 0.488. The average Bonchev–Trinajstić information content (AvgIpc) is 2.49. The van der Waals surface area contributed by atoms with E-state index >= 15 is 0 Å². The molecule has 0 amide bonds. The standard InChI is InChI=1S/C15H24N2O3/c1-18-11-13-14(19-2)5-4-12(15(13)20-3)10-17-8-6-16-7-9-17/h4-5,16H,6-11H2,1-3H3. The van der Waals surface area contributed by atoms with Crippen molar-refractivity contribution in [3.63, 3.8) is 0 Å². The van der Waals surface area contributed by atoms with Gasteiger partial charge in [0.15, 0.2) is 0 Å². The van der Waals surface area contributed by atoms with Gasteiger partial charge in [-0.2, -0.15) is 0 Å². The van der Waals surface area contributed by atoms with E-state index < -0.39 is 0 Å². The van der Waals surface area contributed by atoms with Crippen LogP contribution in [0.5, 0.6) is 11.5 Å². The second kappa shape index (κ2) is 7.47. The van der Waals surface area contributed by atoms with Gasteiger partial charge in [-0.05, 0) is 6.07 Å². The highest BCUT2D eigenvalue weighted by Crippen LogP contribution is 2.33. The highest BCUT2D eigenvalue weighted by molar-refractivity contribution is 5.50. The van der Waals surface area contributed by atoms with Gasteiger partial charge in [0, 0.05) is 45.4 Å².